The van der Waals surface area contributed by atoms with Crippen LogP contribution >= 0.6 is 0 Å². The molecule has 3 nitrogen and oxygen atoms in total. The molecule has 0 radical (unpaired) electrons. The van der Waals surface area contributed by atoms with Gasteiger partial charge in [-0.15, -0.1) is 0 Å². The Kier molecular flexibility index (Phi) is 2.72. The summed E-state index contributed by atoms with van der Waals surface area (Å²) in [5, 5.41) is 1.32. The lowest BCUT2D eigenvalue weighted by molar-refractivity contribution is 0.821. The Morgan fingerprint density at radius 3 is 2.42 bits per heavy atom. The van der Waals surface area contributed by atoms with E-state index in [1.54, 1.807) is 0 Å². The van der Waals surface area contributed by atoms with Gasteiger partial charge in [0, 0.05) is 37.2 Å². The number of hydrogen-bond donors (Lipinski definition) is 1. The predicted octanol–water partition coefficient (Wildman–Crippen LogP) is 2.95. The van der Waals surface area contributed by atoms with E-state index >= 15 is 0 Å². The van der Waals surface area contributed by atoms with Crippen molar-refractivity contribution in [1.29, 1.82) is 0 Å². The summed E-state index contributed by atoms with van der Waals surface area (Å²) in [6.07, 6.45) is 0. The smallest absolute Gasteiger partial charge is 0.0656 e. The van der Waals surface area contributed by atoms with Gasteiger partial charge in [-0.2, -0.15) is 0 Å². The molecule has 98 valence electrons. The fraction of sp³-hybridized carbons (Fsp3) is 0.250. The van der Waals surface area contributed by atoms with E-state index in [0.717, 1.165) is 5.69 Å². The molecule has 3 aromatic rings. The number of fused-ring (bicyclic) bond motifs is 1. The Morgan fingerprint density at radius 2 is 1.79 bits per heavy atom. The highest BCUT2D eigenvalue weighted by atomic mass is 15.0. The van der Waals surface area contributed by atoms with Crippen molar-refractivity contribution in [2.24, 2.45) is 19.8 Å². The molecule has 0 atom stereocenters. The third-order valence-corrected chi connectivity index (χ3v) is 4.00. The van der Waals surface area contributed by atoms with Crippen molar-refractivity contribution in [3.05, 3.63) is 47.7 Å². The molecule has 1 aromatic carbocycles. The summed E-state index contributed by atoms with van der Waals surface area (Å²) in [7, 11) is 4.19. The third kappa shape index (κ3) is 1.70. The molecule has 0 aliphatic carbocycles. The number of aromatic nitrogens is 2. The normalized spacial score (nSPS) is 11.4. The highest BCUT2D eigenvalue weighted by Gasteiger charge is 2.12. The lowest BCUT2D eigenvalue weighted by Crippen LogP contribution is -2.05. The first kappa shape index (κ1) is 12.1. The number of benzene rings is 1. The van der Waals surface area contributed by atoms with Gasteiger partial charge in [0.1, 0.15) is 0 Å². The first-order valence-electron chi connectivity index (χ1n) is 6.53. The largest absolute Gasteiger partial charge is 0.345 e. The molecule has 0 aliphatic heterocycles. The highest BCUT2D eigenvalue weighted by molar-refractivity contribution is 5.89. The molecule has 0 spiro atoms. The summed E-state index contributed by atoms with van der Waals surface area (Å²) in [5.41, 5.74) is 11.9. The van der Waals surface area contributed by atoms with Crippen molar-refractivity contribution in [1.82, 2.24) is 9.13 Å². The van der Waals surface area contributed by atoms with Crippen molar-refractivity contribution in [3.8, 4) is 11.4 Å². The zero-order valence-corrected chi connectivity index (χ0v) is 11.6. The first-order chi connectivity index (χ1) is 9.13. The second-order valence-electron chi connectivity index (χ2n) is 5.07. The molecule has 2 aromatic heterocycles. The van der Waals surface area contributed by atoms with Crippen molar-refractivity contribution < 1.29 is 0 Å². The monoisotopic (exact) mass is 253 g/mol. The molecule has 0 amide bonds. The van der Waals surface area contributed by atoms with Crippen LogP contribution < -0.4 is 5.73 Å². The average Bonchev–Trinajstić information content (AvgIpc) is 2.92. The zero-order chi connectivity index (χ0) is 13.6. The summed E-state index contributed by atoms with van der Waals surface area (Å²) in [4.78, 5) is 0. The molecule has 0 fully saturated rings. The van der Waals surface area contributed by atoms with Crippen molar-refractivity contribution in [3.63, 3.8) is 0 Å². The Morgan fingerprint density at radius 1 is 1.00 bits per heavy atom. The molecule has 0 saturated heterocycles. The fourth-order valence-corrected chi connectivity index (χ4v) is 2.77. The Labute approximate surface area is 113 Å². The molecule has 19 heavy (non-hydrogen) atoms. The van der Waals surface area contributed by atoms with Crippen LogP contribution in [0.5, 0.6) is 0 Å². The van der Waals surface area contributed by atoms with Gasteiger partial charge in [-0.1, -0.05) is 12.1 Å². The molecule has 3 rings (SSSR count). The van der Waals surface area contributed by atoms with E-state index in [2.05, 4.69) is 66.6 Å². The number of hydrogen-bond acceptors (Lipinski definition) is 1. The maximum Gasteiger partial charge on any atom is 0.0656 e. The van der Waals surface area contributed by atoms with Crippen LogP contribution in [-0.2, 0) is 20.6 Å². The molecule has 2 N–H and O–H groups in total. The van der Waals surface area contributed by atoms with Crippen LogP contribution in [0.3, 0.4) is 0 Å². The van der Waals surface area contributed by atoms with E-state index in [1.165, 1.54) is 27.9 Å². The second kappa shape index (κ2) is 4.28. The van der Waals surface area contributed by atoms with Crippen LogP contribution in [0.25, 0.3) is 22.3 Å². The highest BCUT2D eigenvalue weighted by Crippen LogP contribution is 2.29. The summed E-state index contributed by atoms with van der Waals surface area (Å²) >= 11 is 0. The van der Waals surface area contributed by atoms with E-state index in [9.17, 15) is 0 Å². The average molecular weight is 253 g/mol. The third-order valence-electron chi connectivity index (χ3n) is 4.00. The Balaban J connectivity index is 2.28. The molecular weight excluding hydrogens is 234 g/mol. The molecule has 0 bridgehead atoms. The summed E-state index contributed by atoms with van der Waals surface area (Å²) in [6, 6.07) is 12.9. The second-order valence-corrected chi connectivity index (χ2v) is 5.07. The standard InChI is InChI=1S/C16H19N3/c1-11-5-4-6-14-13(11)9-16(19(14)3)15-8-7-12(10-17)18(15)2/h4-9H,10,17H2,1-3H3. The predicted molar refractivity (Wildman–Crippen MR) is 80.0 cm³/mol. The van der Waals surface area contributed by atoms with E-state index in [1.807, 2.05) is 0 Å². The van der Waals surface area contributed by atoms with Gasteiger partial charge in [-0.05, 0) is 36.8 Å². The van der Waals surface area contributed by atoms with Crippen LogP contribution in [0.1, 0.15) is 11.3 Å². The summed E-state index contributed by atoms with van der Waals surface area (Å²) in [6.45, 7) is 2.72. The number of nitrogens with two attached hydrogens (primary N) is 1. The minimum absolute atomic E-state index is 0.569. The van der Waals surface area contributed by atoms with Crippen LogP contribution in [0.15, 0.2) is 36.4 Å². The number of rotatable bonds is 2. The maximum atomic E-state index is 5.75. The van der Waals surface area contributed by atoms with Crippen LogP contribution in [0.2, 0.25) is 0 Å². The van der Waals surface area contributed by atoms with E-state index in [4.69, 9.17) is 5.73 Å². The maximum absolute atomic E-state index is 5.75. The summed E-state index contributed by atoms with van der Waals surface area (Å²) < 4.78 is 4.42. The number of aryl methyl sites for hydroxylation is 2. The van der Waals surface area contributed by atoms with Gasteiger partial charge in [0.2, 0.25) is 0 Å². The van der Waals surface area contributed by atoms with Gasteiger partial charge in [0.05, 0.1) is 11.4 Å². The molecular formula is C16H19N3. The quantitative estimate of drug-likeness (QED) is 0.749. The summed E-state index contributed by atoms with van der Waals surface area (Å²) in [5.74, 6) is 0. The molecule has 0 unspecified atom stereocenters. The molecule has 3 heteroatoms. The Hall–Kier alpha value is -2.00. The molecule has 2 heterocycles. The van der Waals surface area contributed by atoms with Gasteiger partial charge in [0.25, 0.3) is 0 Å². The van der Waals surface area contributed by atoms with Crippen molar-refractivity contribution in [2.75, 3.05) is 0 Å². The fourth-order valence-electron chi connectivity index (χ4n) is 2.77. The Bertz CT molecular complexity index is 747. The molecule has 0 saturated carbocycles. The van der Waals surface area contributed by atoms with E-state index in [0.29, 0.717) is 6.54 Å². The SMILES string of the molecule is Cc1cccc2c1cc(-c1ccc(CN)n1C)n2C. The zero-order valence-electron chi connectivity index (χ0n) is 11.6. The molecule has 0 aliphatic rings. The topological polar surface area (TPSA) is 35.9 Å². The lowest BCUT2D eigenvalue weighted by Gasteiger charge is -2.08. The van der Waals surface area contributed by atoms with Crippen LogP contribution in [0, 0.1) is 6.92 Å². The van der Waals surface area contributed by atoms with E-state index in [-0.39, 0.29) is 0 Å². The van der Waals surface area contributed by atoms with Gasteiger partial charge in [-0.3, -0.25) is 0 Å². The van der Waals surface area contributed by atoms with Crippen LogP contribution in [0.4, 0.5) is 0 Å². The van der Waals surface area contributed by atoms with E-state index < -0.39 is 0 Å². The number of nitrogens with zero attached hydrogens (tertiary/aromatic N) is 2. The lowest BCUT2D eigenvalue weighted by atomic mass is 10.1. The van der Waals surface area contributed by atoms with Gasteiger partial charge < -0.3 is 14.9 Å². The van der Waals surface area contributed by atoms with Gasteiger partial charge in [-0.25, -0.2) is 0 Å². The van der Waals surface area contributed by atoms with Crippen molar-refractivity contribution in [2.45, 2.75) is 13.5 Å². The first-order valence-corrected chi connectivity index (χ1v) is 6.53. The van der Waals surface area contributed by atoms with Gasteiger partial charge in [0.15, 0.2) is 0 Å². The minimum atomic E-state index is 0.569. The van der Waals surface area contributed by atoms with Crippen LogP contribution in [-0.4, -0.2) is 9.13 Å². The van der Waals surface area contributed by atoms with Crippen molar-refractivity contribution >= 4 is 10.9 Å². The van der Waals surface area contributed by atoms with Gasteiger partial charge >= 0.3 is 0 Å². The minimum Gasteiger partial charge on any atom is -0.345 e.